The summed E-state index contributed by atoms with van der Waals surface area (Å²) in [5.74, 6) is -0.509. The third kappa shape index (κ3) is 5.76. The molecular formula is C17H18FN3O5S. The van der Waals surface area contributed by atoms with Gasteiger partial charge < -0.3 is 9.47 Å². The molecule has 0 aliphatic heterocycles. The summed E-state index contributed by atoms with van der Waals surface area (Å²) in [5, 5.41) is 3.64. The van der Waals surface area contributed by atoms with E-state index >= 15 is 0 Å². The summed E-state index contributed by atoms with van der Waals surface area (Å²) in [6.45, 7) is -0.531. The van der Waals surface area contributed by atoms with Gasteiger partial charge in [0, 0.05) is 6.07 Å². The Bertz CT molecular complexity index is 947. The summed E-state index contributed by atoms with van der Waals surface area (Å²) >= 11 is 0. The van der Waals surface area contributed by atoms with E-state index in [2.05, 4.69) is 15.2 Å². The minimum absolute atomic E-state index is 0.0868. The van der Waals surface area contributed by atoms with E-state index in [-0.39, 0.29) is 10.6 Å². The first kappa shape index (κ1) is 20.3. The normalized spacial score (nSPS) is 11.4. The molecule has 2 rings (SSSR count). The van der Waals surface area contributed by atoms with Crippen LogP contribution >= 0.6 is 0 Å². The smallest absolute Gasteiger partial charge is 0.255 e. The van der Waals surface area contributed by atoms with Crippen molar-refractivity contribution in [2.45, 2.75) is 4.90 Å². The number of carbonyl (C=O) groups is 1. The first-order valence-corrected chi connectivity index (χ1v) is 9.13. The van der Waals surface area contributed by atoms with Gasteiger partial charge in [-0.2, -0.15) is 5.10 Å². The molecule has 2 N–H and O–H groups in total. The largest absolute Gasteiger partial charge is 0.493 e. The molecule has 10 heteroatoms. The number of nitrogens with one attached hydrogen (secondary N) is 2. The number of benzene rings is 2. The van der Waals surface area contributed by atoms with E-state index in [1.807, 2.05) is 0 Å². The van der Waals surface area contributed by atoms with Gasteiger partial charge in [-0.3, -0.25) is 4.79 Å². The number of hydrazone groups is 1. The number of ether oxygens (including phenoxy) is 2. The highest BCUT2D eigenvalue weighted by atomic mass is 32.2. The van der Waals surface area contributed by atoms with Crippen molar-refractivity contribution in [2.24, 2.45) is 5.10 Å². The molecule has 0 saturated carbocycles. The van der Waals surface area contributed by atoms with Crippen LogP contribution in [0.1, 0.15) is 5.56 Å². The van der Waals surface area contributed by atoms with E-state index in [0.29, 0.717) is 11.3 Å². The number of hydrogen-bond donors (Lipinski definition) is 2. The monoisotopic (exact) mass is 395 g/mol. The standard InChI is InChI=1S/C17H18FN3O5S/c1-25-15-7-6-14(9-16(15)26-2)27(23,24)20-11-17(22)21-19-10-12-4-3-5-13(18)8-12/h3-10,20H,11H2,1-2H3,(H,21,22)/b19-10-. The maximum atomic E-state index is 13.0. The maximum absolute atomic E-state index is 13.0. The van der Waals surface area contributed by atoms with Crippen molar-refractivity contribution in [3.8, 4) is 11.5 Å². The second-order valence-electron chi connectivity index (χ2n) is 5.19. The molecule has 0 aromatic heterocycles. The molecule has 0 aliphatic carbocycles. The first-order valence-electron chi connectivity index (χ1n) is 7.65. The second-order valence-corrected chi connectivity index (χ2v) is 6.96. The lowest BCUT2D eigenvalue weighted by Gasteiger charge is -2.10. The fraction of sp³-hybridized carbons (Fsp3) is 0.176. The SMILES string of the molecule is COc1ccc(S(=O)(=O)NCC(=O)N/N=C\c2cccc(F)c2)cc1OC. The maximum Gasteiger partial charge on any atom is 0.255 e. The van der Waals surface area contributed by atoms with Gasteiger partial charge in [-0.1, -0.05) is 12.1 Å². The van der Waals surface area contributed by atoms with E-state index < -0.39 is 28.3 Å². The Balaban J connectivity index is 1.95. The van der Waals surface area contributed by atoms with Crippen LogP contribution in [0.25, 0.3) is 0 Å². The summed E-state index contributed by atoms with van der Waals surface area (Å²) in [6, 6.07) is 9.64. The molecule has 2 aromatic carbocycles. The van der Waals surface area contributed by atoms with Crippen molar-refractivity contribution < 1.29 is 27.1 Å². The number of halogens is 1. The molecule has 2 aromatic rings. The minimum Gasteiger partial charge on any atom is -0.493 e. The number of rotatable bonds is 8. The molecular weight excluding hydrogens is 377 g/mol. The minimum atomic E-state index is -3.94. The quantitative estimate of drug-likeness (QED) is 0.517. The average Bonchev–Trinajstić information content (AvgIpc) is 2.66. The summed E-state index contributed by atoms with van der Waals surface area (Å²) < 4.78 is 49.8. The Kier molecular flexibility index (Phi) is 6.85. The highest BCUT2D eigenvalue weighted by molar-refractivity contribution is 7.89. The lowest BCUT2D eigenvalue weighted by atomic mass is 10.2. The summed E-state index contributed by atoms with van der Waals surface area (Å²) in [6.07, 6.45) is 1.24. The fourth-order valence-electron chi connectivity index (χ4n) is 2.03. The Labute approximate surface area is 156 Å². The van der Waals surface area contributed by atoms with Crippen LogP contribution in [0.4, 0.5) is 4.39 Å². The van der Waals surface area contributed by atoms with Crippen LogP contribution in [0.2, 0.25) is 0 Å². The van der Waals surface area contributed by atoms with Crippen molar-refractivity contribution in [3.05, 3.63) is 53.8 Å². The molecule has 8 nitrogen and oxygen atoms in total. The predicted molar refractivity (Wildman–Crippen MR) is 96.9 cm³/mol. The average molecular weight is 395 g/mol. The van der Waals surface area contributed by atoms with Crippen LogP contribution in [0.5, 0.6) is 11.5 Å². The van der Waals surface area contributed by atoms with Crippen molar-refractivity contribution >= 4 is 22.1 Å². The van der Waals surface area contributed by atoms with Gasteiger partial charge in [0.2, 0.25) is 10.0 Å². The van der Waals surface area contributed by atoms with Gasteiger partial charge in [-0.25, -0.2) is 23.0 Å². The van der Waals surface area contributed by atoms with E-state index in [4.69, 9.17) is 9.47 Å². The van der Waals surface area contributed by atoms with Gasteiger partial charge in [0.15, 0.2) is 11.5 Å². The van der Waals surface area contributed by atoms with Gasteiger partial charge in [0.25, 0.3) is 5.91 Å². The Morgan fingerprint density at radius 1 is 1.15 bits per heavy atom. The van der Waals surface area contributed by atoms with Gasteiger partial charge in [-0.05, 0) is 29.8 Å². The molecule has 0 spiro atoms. The number of hydrogen-bond acceptors (Lipinski definition) is 6. The first-order chi connectivity index (χ1) is 12.9. The molecule has 0 bridgehead atoms. The molecule has 0 heterocycles. The Morgan fingerprint density at radius 3 is 2.56 bits per heavy atom. The molecule has 0 radical (unpaired) electrons. The Hall–Kier alpha value is -2.98. The van der Waals surface area contributed by atoms with Crippen LogP contribution in [0.15, 0.2) is 52.5 Å². The zero-order valence-electron chi connectivity index (χ0n) is 14.6. The van der Waals surface area contributed by atoms with Crippen LogP contribution < -0.4 is 19.6 Å². The number of carbonyl (C=O) groups excluding carboxylic acids is 1. The van der Waals surface area contributed by atoms with Crippen molar-refractivity contribution in [1.82, 2.24) is 10.1 Å². The topological polar surface area (TPSA) is 106 Å². The third-order valence-electron chi connectivity index (χ3n) is 3.34. The summed E-state index contributed by atoms with van der Waals surface area (Å²) in [5.41, 5.74) is 2.60. The van der Waals surface area contributed by atoms with E-state index in [1.54, 1.807) is 6.07 Å². The number of nitrogens with zero attached hydrogens (tertiary/aromatic N) is 1. The van der Waals surface area contributed by atoms with Gasteiger partial charge >= 0.3 is 0 Å². The van der Waals surface area contributed by atoms with Gasteiger partial charge in [-0.15, -0.1) is 0 Å². The lowest BCUT2D eigenvalue weighted by molar-refractivity contribution is -0.119. The Morgan fingerprint density at radius 2 is 1.89 bits per heavy atom. The molecule has 0 saturated heterocycles. The van der Waals surface area contributed by atoms with Gasteiger partial charge in [0.1, 0.15) is 5.82 Å². The number of sulfonamides is 1. The molecule has 1 amide bonds. The highest BCUT2D eigenvalue weighted by Crippen LogP contribution is 2.29. The van der Waals surface area contributed by atoms with Crippen LogP contribution in [0.3, 0.4) is 0 Å². The van der Waals surface area contributed by atoms with E-state index in [0.717, 1.165) is 0 Å². The van der Waals surface area contributed by atoms with Crippen molar-refractivity contribution in [1.29, 1.82) is 0 Å². The van der Waals surface area contributed by atoms with Crippen molar-refractivity contribution in [2.75, 3.05) is 20.8 Å². The molecule has 144 valence electrons. The zero-order chi connectivity index (χ0) is 19.9. The molecule has 27 heavy (non-hydrogen) atoms. The van der Waals surface area contributed by atoms with Crippen LogP contribution in [-0.2, 0) is 14.8 Å². The number of amides is 1. The van der Waals surface area contributed by atoms with Crippen LogP contribution in [-0.4, -0.2) is 41.3 Å². The lowest BCUT2D eigenvalue weighted by Crippen LogP contribution is -2.34. The predicted octanol–water partition coefficient (Wildman–Crippen LogP) is 1.27. The highest BCUT2D eigenvalue weighted by Gasteiger charge is 2.18. The van der Waals surface area contributed by atoms with E-state index in [9.17, 15) is 17.6 Å². The second kappa shape index (κ2) is 9.10. The summed E-state index contributed by atoms with van der Waals surface area (Å²) in [4.78, 5) is 11.6. The molecule has 0 aliphatic rings. The fourth-order valence-corrected chi connectivity index (χ4v) is 3.03. The third-order valence-corrected chi connectivity index (χ3v) is 4.74. The summed E-state index contributed by atoms with van der Waals surface area (Å²) in [7, 11) is -1.13. The molecule has 0 unspecified atom stereocenters. The molecule has 0 fully saturated rings. The number of methoxy groups -OCH3 is 2. The van der Waals surface area contributed by atoms with Crippen LogP contribution in [0, 0.1) is 5.82 Å². The van der Waals surface area contributed by atoms with E-state index in [1.165, 1.54) is 56.8 Å². The van der Waals surface area contributed by atoms with Crippen molar-refractivity contribution in [3.63, 3.8) is 0 Å². The zero-order valence-corrected chi connectivity index (χ0v) is 15.4. The molecule has 0 atom stereocenters. The van der Waals surface area contributed by atoms with Gasteiger partial charge in [0.05, 0.1) is 31.9 Å².